The van der Waals surface area contributed by atoms with Crippen LogP contribution in [-0.2, 0) is 4.79 Å². The molecule has 1 aromatic rings. The van der Waals surface area contributed by atoms with Gasteiger partial charge >= 0.3 is 0 Å². The number of rotatable bonds is 3. The number of hydrogen-bond acceptors (Lipinski definition) is 4. The lowest BCUT2D eigenvalue weighted by Crippen LogP contribution is -2.22. The van der Waals surface area contributed by atoms with E-state index in [-0.39, 0.29) is 24.0 Å². The predicted octanol–water partition coefficient (Wildman–Crippen LogP) is 3.45. The van der Waals surface area contributed by atoms with E-state index in [1.54, 1.807) is 6.21 Å². The molecule has 1 N–H and O–H groups in total. The highest BCUT2D eigenvalue weighted by molar-refractivity contribution is 9.10. The van der Waals surface area contributed by atoms with E-state index in [4.69, 9.17) is 9.47 Å². The molecule has 0 spiro atoms. The lowest BCUT2D eigenvalue weighted by atomic mass is 9.90. The Morgan fingerprint density at radius 1 is 1.39 bits per heavy atom. The van der Waals surface area contributed by atoms with Crippen LogP contribution in [0.2, 0.25) is 0 Å². The molecule has 2 aliphatic carbocycles. The molecule has 0 bridgehead atoms. The van der Waals surface area contributed by atoms with Crippen molar-refractivity contribution in [2.45, 2.75) is 32.6 Å². The Labute approximate surface area is 143 Å². The van der Waals surface area contributed by atoms with E-state index in [1.807, 2.05) is 12.1 Å². The molecule has 6 heteroatoms. The maximum atomic E-state index is 12.4. The van der Waals surface area contributed by atoms with Crippen LogP contribution in [0, 0.1) is 17.3 Å². The number of carbonyl (C=O) groups is 1. The van der Waals surface area contributed by atoms with Crippen molar-refractivity contribution in [2.24, 2.45) is 22.4 Å². The Bertz CT molecular complexity index is 691. The van der Waals surface area contributed by atoms with Gasteiger partial charge < -0.3 is 9.47 Å². The molecule has 122 valence electrons. The summed E-state index contributed by atoms with van der Waals surface area (Å²) >= 11 is 3.48. The van der Waals surface area contributed by atoms with Crippen molar-refractivity contribution in [1.82, 2.24) is 5.43 Å². The largest absolute Gasteiger partial charge is 0.454 e. The fraction of sp³-hybridized carbons (Fsp3) is 0.529. The van der Waals surface area contributed by atoms with E-state index in [1.165, 1.54) is 19.3 Å². The maximum Gasteiger partial charge on any atom is 0.244 e. The quantitative estimate of drug-likeness (QED) is 0.647. The monoisotopic (exact) mass is 378 g/mol. The third-order valence-corrected chi connectivity index (χ3v) is 6.17. The maximum absolute atomic E-state index is 12.4. The van der Waals surface area contributed by atoms with Crippen molar-refractivity contribution in [3.05, 3.63) is 22.2 Å². The van der Waals surface area contributed by atoms with E-state index in [0.29, 0.717) is 17.4 Å². The van der Waals surface area contributed by atoms with Gasteiger partial charge in [-0.15, -0.1) is 0 Å². The fourth-order valence-electron chi connectivity index (χ4n) is 4.12. The minimum absolute atomic E-state index is 0.0486. The molecule has 0 unspecified atom stereocenters. The minimum Gasteiger partial charge on any atom is -0.454 e. The second kappa shape index (κ2) is 5.51. The summed E-state index contributed by atoms with van der Waals surface area (Å²) in [6.45, 7) is 2.47. The number of nitrogens with zero attached hydrogens (tertiary/aromatic N) is 1. The molecule has 0 saturated heterocycles. The van der Waals surface area contributed by atoms with Gasteiger partial charge in [-0.25, -0.2) is 5.43 Å². The molecular formula is C17H19BrN2O3. The predicted molar refractivity (Wildman–Crippen MR) is 89.6 cm³/mol. The number of carbonyl (C=O) groups excluding carboxylic acids is 1. The first kappa shape index (κ1) is 15.0. The van der Waals surface area contributed by atoms with Crippen molar-refractivity contribution in [1.29, 1.82) is 0 Å². The highest BCUT2D eigenvalue weighted by Gasteiger charge is 2.64. The number of hydrogen-bond donors (Lipinski definition) is 1. The Balaban J connectivity index is 1.41. The summed E-state index contributed by atoms with van der Waals surface area (Å²) in [5.41, 5.74) is 3.75. The van der Waals surface area contributed by atoms with Crippen molar-refractivity contribution >= 4 is 28.1 Å². The van der Waals surface area contributed by atoms with Gasteiger partial charge in [-0.1, -0.05) is 19.8 Å². The molecule has 1 amide bonds. The van der Waals surface area contributed by atoms with E-state index >= 15 is 0 Å². The molecule has 2 saturated carbocycles. The van der Waals surface area contributed by atoms with Crippen molar-refractivity contribution in [2.75, 3.05) is 6.79 Å². The molecule has 1 aromatic carbocycles. The summed E-state index contributed by atoms with van der Waals surface area (Å²) in [5.74, 6) is 2.13. The highest BCUT2D eigenvalue weighted by atomic mass is 79.9. The first-order valence-corrected chi connectivity index (χ1v) is 8.81. The van der Waals surface area contributed by atoms with Gasteiger partial charge in [0.15, 0.2) is 11.5 Å². The van der Waals surface area contributed by atoms with E-state index in [2.05, 4.69) is 33.4 Å². The molecule has 3 atom stereocenters. The van der Waals surface area contributed by atoms with Gasteiger partial charge in [-0.2, -0.15) is 5.10 Å². The van der Waals surface area contributed by atoms with Crippen molar-refractivity contribution < 1.29 is 14.3 Å². The highest BCUT2D eigenvalue weighted by Crippen LogP contribution is 2.66. The Hall–Kier alpha value is -1.56. The zero-order valence-corrected chi connectivity index (χ0v) is 14.6. The molecule has 3 aliphatic rings. The summed E-state index contributed by atoms with van der Waals surface area (Å²) < 4.78 is 11.5. The molecule has 5 nitrogen and oxygen atoms in total. The van der Waals surface area contributed by atoms with Crippen LogP contribution in [0.4, 0.5) is 0 Å². The normalized spacial score (nSPS) is 31.0. The fourth-order valence-corrected chi connectivity index (χ4v) is 4.54. The zero-order chi connectivity index (χ0) is 16.0. The van der Waals surface area contributed by atoms with Crippen LogP contribution in [0.15, 0.2) is 21.7 Å². The first-order valence-electron chi connectivity index (χ1n) is 8.02. The number of halogens is 1. The molecule has 1 aliphatic heterocycles. The number of amides is 1. The number of fused-ring (bicyclic) bond motifs is 2. The van der Waals surface area contributed by atoms with Gasteiger partial charge in [-0.05, 0) is 52.2 Å². The Morgan fingerprint density at radius 3 is 2.91 bits per heavy atom. The number of ether oxygens (including phenoxy) is 2. The third-order valence-electron chi connectivity index (χ3n) is 5.48. The van der Waals surface area contributed by atoms with Gasteiger partial charge in [0.1, 0.15) is 0 Å². The van der Waals surface area contributed by atoms with E-state index < -0.39 is 0 Å². The van der Waals surface area contributed by atoms with Crippen LogP contribution in [0.25, 0.3) is 0 Å². The van der Waals surface area contributed by atoms with Gasteiger partial charge in [0.05, 0.1) is 6.21 Å². The second-order valence-corrected chi connectivity index (χ2v) is 7.65. The van der Waals surface area contributed by atoms with Gasteiger partial charge in [0.25, 0.3) is 0 Å². The van der Waals surface area contributed by atoms with E-state index in [0.717, 1.165) is 16.5 Å². The smallest absolute Gasteiger partial charge is 0.244 e. The number of benzene rings is 1. The lowest BCUT2D eigenvalue weighted by molar-refractivity contribution is -0.123. The summed E-state index contributed by atoms with van der Waals surface area (Å²) in [5, 5.41) is 4.13. The van der Waals surface area contributed by atoms with Gasteiger partial charge in [0.2, 0.25) is 12.7 Å². The molecule has 1 heterocycles. The average Bonchev–Trinajstić information content (AvgIpc) is 2.91. The van der Waals surface area contributed by atoms with Crippen LogP contribution < -0.4 is 14.9 Å². The first-order chi connectivity index (χ1) is 11.1. The Kier molecular flexibility index (Phi) is 3.59. The van der Waals surface area contributed by atoms with E-state index in [9.17, 15) is 4.79 Å². The van der Waals surface area contributed by atoms with Crippen LogP contribution in [0.1, 0.15) is 38.2 Å². The summed E-state index contributed by atoms with van der Waals surface area (Å²) in [7, 11) is 0. The molecule has 2 fully saturated rings. The molecule has 4 rings (SSSR count). The van der Waals surface area contributed by atoms with Crippen molar-refractivity contribution in [3.63, 3.8) is 0 Å². The van der Waals surface area contributed by atoms with Crippen LogP contribution >= 0.6 is 15.9 Å². The van der Waals surface area contributed by atoms with Crippen LogP contribution in [-0.4, -0.2) is 18.9 Å². The SMILES string of the molecule is C[C@]12CCCC[C@H]1[C@@H]2C(=O)N/N=C\c1cc2c(cc1Br)OCO2. The van der Waals surface area contributed by atoms with Gasteiger partial charge in [-0.3, -0.25) is 4.79 Å². The van der Waals surface area contributed by atoms with Crippen LogP contribution in [0.3, 0.4) is 0 Å². The number of hydrazone groups is 1. The van der Waals surface area contributed by atoms with Crippen molar-refractivity contribution in [3.8, 4) is 11.5 Å². The third kappa shape index (κ3) is 2.53. The average molecular weight is 379 g/mol. The lowest BCUT2D eigenvalue weighted by Gasteiger charge is -2.15. The topological polar surface area (TPSA) is 59.9 Å². The molecule has 0 aromatic heterocycles. The number of nitrogens with one attached hydrogen (secondary N) is 1. The molecular weight excluding hydrogens is 360 g/mol. The van der Waals surface area contributed by atoms with Crippen LogP contribution in [0.5, 0.6) is 11.5 Å². The second-order valence-electron chi connectivity index (χ2n) is 6.80. The zero-order valence-electron chi connectivity index (χ0n) is 13.0. The van der Waals surface area contributed by atoms with Gasteiger partial charge in [0, 0.05) is 16.0 Å². The summed E-state index contributed by atoms with van der Waals surface area (Å²) in [6, 6.07) is 3.70. The molecule has 23 heavy (non-hydrogen) atoms. The minimum atomic E-state index is 0.0486. The molecule has 0 radical (unpaired) electrons. The standard InChI is InChI=1S/C17H19BrN2O3/c1-17-5-3-2-4-11(17)15(17)16(21)20-19-8-10-6-13-14(7-12(10)18)23-9-22-13/h6-8,11,15H,2-5,9H2,1H3,(H,20,21)/b19-8-/t11-,15+,17-/m0/s1. The summed E-state index contributed by atoms with van der Waals surface area (Å²) in [6.07, 6.45) is 6.46. The summed E-state index contributed by atoms with van der Waals surface area (Å²) in [4.78, 5) is 12.4. The Morgan fingerprint density at radius 2 is 2.17 bits per heavy atom.